The van der Waals surface area contributed by atoms with Gasteiger partial charge >= 0.3 is 0 Å². The highest BCUT2D eigenvalue weighted by Crippen LogP contribution is 2.27. The largest absolute Gasteiger partial charge is 0.493 e. The lowest BCUT2D eigenvalue weighted by Crippen LogP contribution is -3.11. The van der Waals surface area contributed by atoms with Crippen molar-refractivity contribution in [3.05, 3.63) is 46.2 Å². The van der Waals surface area contributed by atoms with Crippen LogP contribution in [0.25, 0.3) is 0 Å². The number of carbonyl (C=O) groups excluding carboxylic acids is 1. The number of hydrogen-bond donors (Lipinski definition) is 2. The summed E-state index contributed by atoms with van der Waals surface area (Å²) < 4.78 is 10.5. The van der Waals surface area contributed by atoms with E-state index in [1.807, 2.05) is 24.3 Å². The van der Waals surface area contributed by atoms with E-state index in [2.05, 4.69) is 23.7 Å². The van der Waals surface area contributed by atoms with Crippen LogP contribution in [0.15, 0.2) is 35.7 Å². The van der Waals surface area contributed by atoms with E-state index in [9.17, 15) is 4.79 Å². The zero-order chi connectivity index (χ0) is 17.4. The van der Waals surface area contributed by atoms with E-state index in [-0.39, 0.29) is 5.91 Å². The molecule has 1 unspecified atom stereocenters. The second-order valence-corrected chi connectivity index (χ2v) is 6.53. The van der Waals surface area contributed by atoms with Gasteiger partial charge in [-0.05, 0) is 36.1 Å². The van der Waals surface area contributed by atoms with Crippen LogP contribution in [0.1, 0.15) is 17.4 Å². The predicted molar refractivity (Wildman–Crippen MR) is 95.8 cm³/mol. The summed E-state index contributed by atoms with van der Waals surface area (Å²) in [6, 6.07) is 9.82. The highest BCUT2D eigenvalue weighted by molar-refractivity contribution is 7.09. The molecule has 6 heteroatoms. The average Bonchev–Trinajstić information content (AvgIpc) is 3.12. The molecule has 130 valence electrons. The van der Waals surface area contributed by atoms with E-state index in [1.54, 1.807) is 25.6 Å². The van der Waals surface area contributed by atoms with Crippen LogP contribution >= 0.6 is 11.3 Å². The van der Waals surface area contributed by atoms with Crippen molar-refractivity contribution in [2.45, 2.75) is 20.0 Å². The number of benzene rings is 1. The molecule has 2 aromatic rings. The van der Waals surface area contributed by atoms with Crippen molar-refractivity contribution in [2.75, 3.05) is 27.3 Å². The maximum atomic E-state index is 12.2. The fourth-order valence-electron chi connectivity index (χ4n) is 2.45. The monoisotopic (exact) mass is 349 g/mol. The molecular formula is C18H25N2O3S+. The Bertz CT molecular complexity index is 644. The average molecular weight is 349 g/mol. The minimum absolute atomic E-state index is 0.0539. The van der Waals surface area contributed by atoms with Crippen LogP contribution in [-0.2, 0) is 17.9 Å². The van der Waals surface area contributed by atoms with E-state index in [0.29, 0.717) is 24.6 Å². The third-order valence-electron chi connectivity index (χ3n) is 3.85. The molecule has 1 heterocycles. The first-order valence-corrected chi connectivity index (χ1v) is 8.87. The van der Waals surface area contributed by atoms with Gasteiger partial charge in [-0.1, -0.05) is 12.1 Å². The van der Waals surface area contributed by atoms with Crippen molar-refractivity contribution >= 4 is 17.2 Å². The molecule has 0 spiro atoms. The molecular weight excluding hydrogens is 324 g/mol. The molecule has 0 aliphatic carbocycles. The summed E-state index contributed by atoms with van der Waals surface area (Å²) in [4.78, 5) is 14.8. The van der Waals surface area contributed by atoms with E-state index in [1.165, 1.54) is 9.78 Å². The highest BCUT2D eigenvalue weighted by atomic mass is 32.1. The van der Waals surface area contributed by atoms with Gasteiger partial charge in [-0.15, -0.1) is 11.3 Å². The van der Waals surface area contributed by atoms with Gasteiger partial charge in [-0.25, -0.2) is 0 Å². The molecule has 0 saturated carbocycles. The Morgan fingerprint density at radius 1 is 1.21 bits per heavy atom. The molecule has 0 bridgehead atoms. The molecule has 1 aromatic heterocycles. The van der Waals surface area contributed by atoms with Crippen LogP contribution in [0.3, 0.4) is 0 Å². The fourth-order valence-corrected chi connectivity index (χ4v) is 3.23. The van der Waals surface area contributed by atoms with Crippen molar-refractivity contribution in [1.29, 1.82) is 0 Å². The summed E-state index contributed by atoms with van der Waals surface area (Å²) in [5, 5.41) is 5.05. The number of nitrogens with one attached hydrogen (secondary N) is 2. The van der Waals surface area contributed by atoms with E-state index in [0.717, 1.165) is 18.7 Å². The van der Waals surface area contributed by atoms with E-state index >= 15 is 0 Å². The van der Waals surface area contributed by atoms with Crippen molar-refractivity contribution in [3.8, 4) is 11.5 Å². The zero-order valence-corrected chi connectivity index (χ0v) is 15.2. The number of thiophene rings is 1. The molecule has 0 fully saturated rings. The second-order valence-electron chi connectivity index (χ2n) is 5.50. The maximum Gasteiger partial charge on any atom is 0.275 e. The quantitative estimate of drug-likeness (QED) is 0.721. The Morgan fingerprint density at radius 3 is 2.62 bits per heavy atom. The number of quaternary nitrogens is 1. The van der Waals surface area contributed by atoms with Crippen molar-refractivity contribution in [1.82, 2.24) is 5.32 Å². The van der Waals surface area contributed by atoms with E-state index in [4.69, 9.17) is 9.47 Å². The van der Waals surface area contributed by atoms with Crippen LogP contribution < -0.4 is 19.7 Å². The molecule has 0 aliphatic heterocycles. The second kappa shape index (κ2) is 9.30. The number of likely N-dealkylation sites (N-methyl/N-ethyl adjacent to an activating group) is 1. The van der Waals surface area contributed by atoms with Gasteiger partial charge in [0.2, 0.25) is 0 Å². The number of amides is 1. The fraction of sp³-hybridized carbons (Fsp3) is 0.389. The standard InChI is InChI=1S/C18H24N2O3S/c1-4-20(12-15-6-5-9-24-15)13-18(21)19-11-14-7-8-16(22-2)17(10-14)23-3/h5-10H,4,11-13H2,1-3H3,(H,19,21)/p+1. The molecule has 1 aromatic carbocycles. The van der Waals surface area contributed by atoms with Crippen molar-refractivity contribution in [3.63, 3.8) is 0 Å². The summed E-state index contributed by atoms with van der Waals surface area (Å²) in [6.07, 6.45) is 0. The van der Waals surface area contributed by atoms with Gasteiger partial charge in [0.25, 0.3) is 5.91 Å². The first-order valence-electron chi connectivity index (χ1n) is 7.99. The molecule has 0 saturated heterocycles. The molecule has 0 aliphatic rings. The smallest absolute Gasteiger partial charge is 0.275 e. The van der Waals surface area contributed by atoms with Gasteiger partial charge < -0.3 is 19.7 Å². The van der Waals surface area contributed by atoms with Gasteiger partial charge in [-0.2, -0.15) is 0 Å². The summed E-state index contributed by atoms with van der Waals surface area (Å²) in [5.74, 6) is 1.41. The van der Waals surface area contributed by atoms with Crippen molar-refractivity contribution in [2.24, 2.45) is 0 Å². The molecule has 0 radical (unpaired) electrons. The Balaban J connectivity index is 1.85. The van der Waals surface area contributed by atoms with Crippen LogP contribution in [-0.4, -0.2) is 33.2 Å². The van der Waals surface area contributed by atoms with Crippen LogP contribution in [0, 0.1) is 0 Å². The Morgan fingerprint density at radius 2 is 2.00 bits per heavy atom. The van der Waals surface area contributed by atoms with Gasteiger partial charge in [0.15, 0.2) is 18.0 Å². The lowest BCUT2D eigenvalue weighted by Gasteiger charge is -2.16. The topological polar surface area (TPSA) is 52.0 Å². The van der Waals surface area contributed by atoms with Gasteiger partial charge in [0, 0.05) is 6.54 Å². The molecule has 2 rings (SSSR count). The highest BCUT2D eigenvalue weighted by Gasteiger charge is 2.14. The van der Waals surface area contributed by atoms with Gasteiger partial charge in [-0.3, -0.25) is 4.79 Å². The van der Waals surface area contributed by atoms with Crippen molar-refractivity contribution < 1.29 is 19.2 Å². The molecule has 1 atom stereocenters. The normalized spacial score (nSPS) is 11.8. The van der Waals surface area contributed by atoms with Crippen LogP contribution in [0.4, 0.5) is 0 Å². The first kappa shape index (κ1) is 18.3. The molecule has 24 heavy (non-hydrogen) atoms. The minimum atomic E-state index is 0.0539. The third-order valence-corrected chi connectivity index (χ3v) is 4.73. The summed E-state index contributed by atoms with van der Waals surface area (Å²) in [7, 11) is 3.21. The Hall–Kier alpha value is -2.05. The summed E-state index contributed by atoms with van der Waals surface area (Å²) in [5.41, 5.74) is 0.984. The van der Waals surface area contributed by atoms with Crippen LogP contribution in [0.5, 0.6) is 11.5 Å². The summed E-state index contributed by atoms with van der Waals surface area (Å²) >= 11 is 1.73. The van der Waals surface area contributed by atoms with Gasteiger partial charge in [0.05, 0.1) is 25.6 Å². The SMILES string of the molecule is CC[NH+](CC(=O)NCc1ccc(OC)c(OC)c1)Cc1cccs1. The van der Waals surface area contributed by atoms with Gasteiger partial charge in [0.1, 0.15) is 6.54 Å². The van der Waals surface area contributed by atoms with Crippen LogP contribution in [0.2, 0.25) is 0 Å². The number of methoxy groups -OCH3 is 2. The number of hydrogen-bond acceptors (Lipinski definition) is 4. The predicted octanol–water partition coefficient (Wildman–Crippen LogP) is 1.49. The lowest BCUT2D eigenvalue weighted by atomic mass is 10.2. The van der Waals surface area contributed by atoms with E-state index < -0.39 is 0 Å². The first-order chi connectivity index (χ1) is 11.7. The molecule has 5 nitrogen and oxygen atoms in total. The summed E-state index contributed by atoms with van der Waals surface area (Å²) in [6.45, 7) is 4.86. The maximum absolute atomic E-state index is 12.2. The number of carbonyl (C=O) groups is 1. The minimum Gasteiger partial charge on any atom is -0.493 e. The number of ether oxygens (including phenoxy) is 2. The Labute approximate surface area is 147 Å². The number of rotatable bonds is 9. The molecule has 1 amide bonds. The Kier molecular flexibility index (Phi) is 7.08. The molecule has 2 N–H and O–H groups in total. The third kappa shape index (κ3) is 5.25. The lowest BCUT2D eigenvalue weighted by molar-refractivity contribution is -0.903. The zero-order valence-electron chi connectivity index (χ0n) is 14.4.